The van der Waals surface area contributed by atoms with Gasteiger partial charge in [0.1, 0.15) is 11.4 Å². The lowest BCUT2D eigenvalue weighted by Gasteiger charge is -2.66. The van der Waals surface area contributed by atoms with Crippen molar-refractivity contribution in [1.82, 2.24) is 14.4 Å². The molecule has 0 saturated heterocycles. The zero-order valence-electron chi connectivity index (χ0n) is 16.2. The van der Waals surface area contributed by atoms with Crippen LogP contribution >= 0.6 is 0 Å². The summed E-state index contributed by atoms with van der Waals surface area (Å²) < 4.78 is 33.1. The summed E-state index contributed by atoms with van der Waals surface area (Å²) in [6.45, 7) is 0. The van der Waals surface area contributed by atoms with E-state index in [1.54, 1.807) is 12.3 Å². The molecule has 3 saturated carbocycles. The maximum Gasteiger partial charge on any atom is 0.280 e. The second kappa shape index (κ2) is 6.33. The number of pyridine rings is 2. The Labute approximate surface area is 171 Å². The minimum atomic E-state index is -2.73. The molecule has 6 rings (SSSR count). The van der Waals surface area contributed by atoms with E-state index >= 15 is 0 Å². The lowest BCUT2D eigenvalue weighted by Crippen LogP contribution is -2.63. The summed E-state index contributed by atoms with van der Waals surface area (Å²) in [5, 5.41) is 9.25. The molecule has 0 atom stereocenters. The molecule has 0 aromatic carbocycles. The summed E-state index contributed by atoms with van der Waals surface area (Å²) >= 11 is 0. The Kier molecular flexibility index (Phi) is 3.94. The van der Waals surface area contributed by atoms with E-state index < -0.39 is 12.1 Å². The van der Waals surface area contributed by atoms with E-state index in [0.29, 0.717) is 17.0 Å². The van der Waals surface area contributed by atoms with Crippen molar-refractivity contribution >= 4 is 11.4 Å². The molecule has 30 heavy (non-hydrogen) atoms. The molecular weight excluding hydrogens is 390 g/mol. The number of hydrogen-bond donors (Lipinski definition) is 0. The smallest absolute Gasteiger partial charge is 0.280 e. The summed E-state index contributed by atoms with van der Waals surface area (Å²) in [5.74, 6) is 0.178. The summed E-state index contributed by atoms with van der Waals surface area (Å²) in [5.41, 5.74) is 1.66. The van der Waals surface area contributed by atoms with E-state index in [4.69, 9.17) is 9.72 Å². The normalized spacial score (nSPS) is 24.2. The van der Waals surface area contributed by atoms with Gasteiger partial charge in [-0.15, -0.1) is 0 Å². The van der Waals surface area contributed by atoms with Gasteiger partial charge in [0.15, 0.2) is 17.2 Å². The van der Waals surface area contributed by atoms with E-state index in [9.17, 15) is 18.8 Å². The van der Waals surface area contributed by atoms with Gasteiger partial charge >= 0.3 is 0 Å². The molecule has 2 bridgehead atoms. The monoisotopic (exact) mass is 408 g/mol. The number of nitriles is 1. The van der Waals surface area contributed by atoms with Crippen LogP contribution in [0, 0.1) is 16.7 Å². The topological polar surface area (TPSA) is 80.3 Å². The zero-order chi connectivity index (χ0) is 21.1. The maximum absolute atomic E-state index is 12.9. The second-order valence-electron chi connectivity index (χ2n) is 8.32. The van der Waals surface area contributed by atoms with Crippen molar-refractivity contribution in [3.63, 3.8) is 0 Å². The number of Topliss-reactive ketones (excluding diaryl/α,β-unsaturated/α-hetero) is 1. The van der Waals surface area contributed by atoms with Gasteiger partial charge in [-0.3, -0.25) is 4.79 Å². The van der Waals surface area contributed by atoms with E-state index in [2.05, 4.69) is 11.1 Å². The van der Waals surface area contributed by atoms with Gasteiger partial charge in [-0.25, -0.2) is 18.7 Å². The summed E-state index contributed by atoms with van der Waals surface area (Å²) in [6.07, 6.45) is 3.51. The molecule has 0 aliphatic heterocycles. The number of alkyl halides is 2. The molecule has 6 nitrogen and oxygen atoms in total. The van der Waals surface area contributed by atoms with E-state index in [-0.39, 0.29) is 28.7 Å². The van der Waals surface area contributed by atoms with Crippen LogP contribution in [0.3, 0.4) is 0 Å². The number of ketones is 1. The average molecular weight is 408 g/mol. The standard InChI is InChI=1S/C22H18F2N4O2/c1-30-17-6-13(5-16(29)14-3-2-4-15(26-14)19(23)24)7-28-8-18(27-20(17)28)22-9-21(10-22,11-22)12-25/h2-4,6-8,19H,5,9-11H2,1H3. The zero-order valence-corrected chi connectivity index (χ0v) is 16.2. The van der Waals surface area contributed by atoms with Crippen LogP contribution in [0.4, 0.5) is 8.78 Å². The maximum atomic E-state index is 12.9. The van der Waals surface area contributed by atoms with E-state index in [1.807, 2.05) is 10.6 Å². The van der Waals surface area contributed by atoms with Gasteiger partial charge in [0, 0.05) is 24.2 Å². The fraction of sp³-hybridized carbons (Fsp3) is 0.364. The Bertz CT molecular complexity index is 1210. The SMILES string of the molecule is COc1cc(CC(=O)c2cccc(C(F)F)n2)cn2cc(C34CC(C#N)(C3)C4)nc12. The predicted molar refractivity (Wildman–Crippen MR) is 103 cm³/mol. The largest absolute Gasteiger partial charge is 0.493 e. The van der Waals surface area contributed by atoms with Gasteiger partial charge in [0.25, 0.3) is 6.43 Å². The number of hydrogen-bond acceptors (Lipinski definition) is 5. The number of imidazole rings is 1. The van der Waals surface area contributed by atoms with Crippen molar-refractivity contribution in [3.05, 3.63) is 59.3 Å². The number of aromatic nitrogens is 3. The number of carbonyl (C=O) groups is 1. The van der Waals surface area contributed by atoms with Gasteiger partial charge in [0.05, 0.1) is 24.3 Å². The van der Waals surface area contributed by atoms with Gasteiger partial charge in [-0.2, -0.15) is 5.26 Å². The molecule has 3 aromatic rings. The van der Waals surface area contributed by atoms with Crippen LogP contribution in [-0.4, -0.2) is 27.3 Å². The van der Waals surface area contributed by atoms with Crippen LogP contribution in [0.15, 0.2) is 36.7 Å². The number of methoxy groups -OCH3 is 1. The quantitative estimate of drug-likeness (QED) is 0.575. The van der Waals surface area contributed by atoms with Gasteiger partial charge in [-0.1, -0.05) is 6.07 Å². The number of nitrogens with zero attached hydrogens (tertiary/aromatic N) is 4. The molecule has 3 aromatic heterocycles. The first kappa shape index (κ1) is 18.7. The van der Waals surface area contributed by atoms with Gasteiger partial charge < -0.3 is 9.14 Å². The Morgan fingerprint density at radius 2 is 2.07 bits per heavy atom. The van der Waals surface area contributed by atoms with Crippen molar-refractivity contribution in [1.29, 1.82) is 5.26 Å². The predicted octanol–water partition coefficient (Wildman–Crippen LogP) is 4.05. The van der Waals surface area contributed by atoms with Crippen LogP contribution in [0.25, 0.3) is 5.65 Å². The minimum Gasteiger partial charge on any atom is -0.493 e. The fourth-order valence-corrected chi connectivity index (χ4v) is 4.81. The molecule has 3 fully saturated rings. The van der Waals surface area contributed by atoms with Crippen LogP contribution in [0.2, 0.25) is 0 Å². The highest BCUT2D eigenvalue weighted by atomic mass is 19.3. The van der Waals surface area contributed by atoms with Crippen LogP contribution in [-0.2, 0) is 11.8 Å². The average Bonchev–Trinajstić information content (AvgIpc) is 3.09. The molecule has 0 N–H and O–H groups in total. The highest BCUT2D eigenvalue weighted by molar-refractivity contribution is 5.95. The number of rotatable bonds is 6. The number of ether oxygens (including phenoxy) is 1. The minimum absolute atomic E-state index is 0.00217. The Balaban J connectivity index is 1.44. The van der Waals surface area contributed by atoms with E-state index in [0.717, 1.165) is 25.0 Å². The molecule has 0 spiro atoms. The molecule has 0 amide bonds. The van der Waals surface area contributed by atoms with Gasteiger partial charge in [0.2, 0.25) is 0 Å². The number of fused-ring (bicyclic) bond motifs is 1. The third kappa shape index (κ3) is 2.69. The fourth-order valence-electron chi connectivity index (χ4n) is 4.81. The van der Waals surface area contributed by atoms with E-state index in [1.165, 1.54) is 25.3 Å². The molecular formula is C22H18F2N4O2. The lowest BCUT2D eigenvalue weighted by molar-refractivity contribution is -0.0953. The summed E-state index contributed by atoms with van der Waals surface area (Å²) in [6, 6.07) is 8.18. The molecule has 0 radical (unpaired) electrons. The van der Waals surface area contributed by atoms with Crippen molar-refractivity contribution in [2.75, 3.05) is 7.11 Å². The highest BCUT2D eigenvalue weighted by Crippen LogP contribution is 2.73. The first-order valence-corrected chi connectivity index (χ1v) is 9.63. The lowest BCUT2D eigenvalue weighted by atomic mass is 9.35. The third-order valence-electron chi connectivity index (χ3n) is 6.25. The van der Waals surface area contributed by atoms with Crippen molar-refractivity contribution in [2.24, 2.45) is 5.41 Å². The molecule has 0 unspecified atom stereocenters. The second-order valence-corrected chi connectivity index (χ2v) is 8.32. The van der Waals surface area contributed by atoms with Crippen LogP contribution in [0.1, 0.15) is 53.1 Å². The first-order valence-electron chi connectivity index (χ1n) is 9.63. The van der Waals surface area contributed by atoms with Crippen molar-refractivity contribution in [3.8, 4) is 11.8 Å². The molecule has 3 heterocycles. The van der Waals surface area contributed by atoms with Crippen LogP contribution in [0.5, 0.6) is 5.75 Å². The number of halogens is 2. The highest BCUT2D eigenvalue weighted by Gasteiger charge is 2.70. The molecule has 8 heteroatoms. The molecule has 3 aliphatic rings. The Morgan fingerprint density at radius 3 is 2.73 bits per heavy atom. The van der Waals surface area contributed by atoms with Crippen molar-refractivity contribution in [2.45, 2.75) is 37.5 Å². The third-order valence-corrected chi connectivity index (χ3v) is 6.25. The molecule has 152 valence electrons. The first-order chi connectivity index (χ1) is 14.4. The Hall–Kier alpha value is -3.34. The van der Waals surface area contributed by atoms with Crippen molar-refractivity contribution < 1.29 is 18.3 Å². The van der Waals surface area contributed by atoms with Gasteiger partial charge in [-0.05, 0) is 43.0 Å². The summed E-state index contributed by atoms with van der Waals surface area (Å²) in [7, 11) is 1.54. The summed E-state index contributed by atoms with van der Waals surface area (Å²) in [4.78, 5) is 21.1. The molecule has 3 aliphatic carbocycles. The number of carbonyl (C=O) groups excluding carboxylic acids is 1. The van der Waals surface area contributed by atoms with Crippen LogP contribution < -0.4 is 4.74 Å². The Morgan fingerprint density at radius 1 is 1.30 bits per heavy atom.